The summed E-state index contributed by atoms with van der Waals surface area (Å²) in [4.78, 5) is 38.0. The Bertz CT molecular complexity index is 1090. The second kappa shape index (κ2) is 6.82. The van der Waals surface area contributed by atoms with E-state index in [1.54, 1.807) is 24.3 Å². The highest BCUT2D eigenvalue weighted by atomic mass is 35.5. The van der Waals surface area contributed by atoms with Crippen LogP contribution < -0.4 is 0 Å². The molecule has 4 nitrogen and oxygen atoms in total. The van der Waals surface area contributed by atoms with E-state index in [0.717, 1.165) is 5.56 Å². The van der Waals surface area contributed by atoms with Crippen LogP contribution in [-0.2, 0) is 11.3 Å². The number of benzene rings is 3. The Morgan fingerprint density at radius 3 is 2.11 bits per heavy atom. The molecule has 0 aromatic heterocycles. The zero-order valence-electron chi connectivity index (χ0n) is 14.1. The minimum Gasteiger partial charge on any atom is -0.457 e. The van der Waals surface area contributed by atoms with Gasteiger partial charge in [0.05, 0.1) is 16.1 Å². The van der Waals surface area contributed by atoms with Gasteiger partial charge in [-0.15, -0.1) is 0 Å². The van der Waals surface area contributed by atoms with Crippen molar-refractivity contribution in [3.8, 4) is 0 Å². The number of hydrogen-bond donors (Lipinski definition) is 0. The topological polar surface area (TPSA) is 60.4 Å². The molecule has 0 heterocycles. The SMILES string of the molecule is O=C(OCc1ccccc1)c1ccc2c(c1Cl)C(=O)c1ccccc1C2=O. The molecule has 3 aromatic carbocycles. The Kier molecular flexibility index (Phi) is 4.34. The Hall–Kier alpha value is -3.24. The number of carbonyl (C=O) groups is 3. The van der Waals surface area contributed by atoms with Gasteiger partial charge in [0.15, 0.2) is 11.6 Å². The lowest BCUT2D eigenvalue weighted by Gasteiger charge is -2.19. The first-order valence-corrected chi connectivity index (χ1v) is 8.67. The summed E-state index contributed by atoms with van der Waals surface area (Å²) in [5.41, 5.74) is 1.77. The summed E-state index contributed by atoms with van der Waals surface area (Å²) >= 11 is 6.36. The molecule has 0 fully saturated rings. The van der Waals surface area contributed by atoms with Crippen LogP contribution in [-0.4, -0.2) is 17.5 Å². The lowest BCUT2D eigenvalue weighted by molar-refractivity contribution is 0.0472. The third kappa shape index (κ3) is 2.94. The first-order chi connectivity index (χ1) is 13.1. The van der Waals surface area contributed by atoms with E-state index in [1.807, 2.05) is 30.3 Å². The fraction of sp³-hybridized carbons (Fsp3) is 0.0455. The Balaban J connectivity index is 1.68. The predicted molar refractivity (Wildman–Crippen MR) is 100 cm³/mol. The van der Waals surface area contributed by atoms with Crippen LogP contribution >= 0.6 is 11.6 Å². The van der Waals surface area contributed by atoms with Crippen molar-refractivity contribution in [3.05, 3.63) is 105 Å². The van der Waals surface area contributed by atoms with Gasteiger partial charge in [-0.05, 0) is 17.7 Å². The molecule has 0 atom stereocenters. The van der Waals surface area contributed by atoms with Crippen LogP contribution in [0.4, 0.5) is 0 Å². The zero-order chi connectivity index (χ0) is 19.0. The van der Waals surface area contributed by atoms with Gasteiger partial charge in [-0.1, -0.05) is 66.2 Å². The van der Waals surface area contributed by atoms with E-state index in [4.69, 9.17) is 16.3 Å². The van der Waals surface area contributed by atoms with Crippen LogP contribution in [0.1, 0.15) is 47.8 Å². The van der Waals surface area contributed by atoms with Gasteiger partial charge < -0.3 is 4.74 Å². The molecule has 1 aliphatic carbocycles. The molecule has 5 heteroatoms. The van der Waals surface area contributed by atoms with Crippen molar-refractivity contribution < 1.29 is 19.1 Å². The molecule has 3 aromatic rings. The van der Waals surface area contributed by atoms with Crippen molar-refractivity contribution in [2.24, 2.45) is 0 Å². The van der Waals surface area contributed by atoms with Gasteiger partial charge >= 0.3 is 5.97 Å². The molecule has 0 saturated heterocycles. The number of halogens is 1. The molecule has 0 saturated carbocycles. The molecular formula is C22H13ClO4. The second-order valence-corrected chi connectivity index (χ2v) is 6.49. The van der Waals surface area contributed by atoms with Gasteiger partial charge in [0, 0.05) is 16.7 Å². The van der Waals surface area contributed by atoms with E-state index in [0.29, 0.717) is 5.56 Å². The number of fused-ring (bicyclic) bond motifs is 2. The van der Waals surface area contributed by atoms with Crippen LogP contribution in [0.3, 0.4) is 0 Å². The molecule has 0 spiro atoms. The maximum Gasteiger partial charge on any atom is 0.340 e. The normalized spacial score (nSPS) is 12.3. The standard InChI is InChI=1S/C22H13ClO4/c23-19-17(22(26)27-12-13-6-2-1-3-7-13)11-10-16-18(19)21(25)15-9-5-4-8-14(15)20(16)24/h1-11H,12H2. The van der Waals surface area contributed by atoms with Crippen molar-refractivity contribution >= 4 is 29.1 Å². The van der Waals surface area contributed by atoms with E-state index in [9.17, 15) is 14.4 Å². The first kappa shape index (κ1) is 17.2. The smallest absolute Gasteiger partial charge is 0.340 e. The molecule has 0 unspecified atom stereocenters. The molecule has 0 radical (unpaired) electrons. The molecule has 0 N–H and O–H groups in total. The van der Waals surface area contributed by atoms with Crippen LogP contribution in [0.25, 0.3) is 0 Å². The van der Waals surface area contributed by atoms with Crippen LogP contribution in [0.15, 0.2) is 66.7 Å². The monoisotopic (exact) mass is 376 g/mol. The van der Waals surface area contributed by atoms with Gasteiger partial charge in [0.25, 0.3) is 0 Å². The van der Waals surface area contributed by atoms with Crippen molar-refractivity contribution in [3.63, 3.8) is 0 Å². The number of ether oxygens (including phenoxy) is 1. The van der Waals surface area contributed by atoms with Crippen molar-refractivity contribution in [2.45, 2.75) is 6.61 Å². The minimum atomic E-state index is -0.647. The fourth-order valence-electron chi connectivity index (χ4n) is 3.10. The average molecular weight is 377 g/mol. The quantitative estimate of drug-likeness (QED) is 0.495. The number of ketones is 2. The lowest BCUT2D eigenvalue weighted by atomic mass is 9.83. The van der Waals surface area contributed by atoms with Gasteiger partial charge in [-0.25, -0.2) is 4.79 Å². The summed E-state index contributed by atoms with van der Waals surface area (Å²) in [6.45, 7) is 0.0861. The van der Waals surface area contributed by atoms with E-state index in [2.05, 4.69) is 0 Å². The summed E-state index contributed by atoms with van der Waals surface area (Å²) in [7, 11) is 0. The van der Waals surface area contributed by atoms with E-state index < -0.39 is 5.97 Å². The Labute approximate surface area is 160 Å². The molecule has 1 aliphatic rings. The summed E-state index contributed by atoms with van der Waals surface area (Å²) < 4.78 is 5.30. The van der Waals surface area contributed by atoms with E-state index in [-0.39, 0.29) is 45.4 Å². The zero-order valence-corrected chi connectivity index (χ0v) is 14.8. The van der Waals surface area contributed by atoms with Crippen LogP contribution in [0, 0.1) is 0 Å². The van der Waals surface area contributed by atoms with Crippen LogP contribution in [0.2, 0.25) is 5.02 Å². The molecule has 27 heavy (non-hydrogen) atoms. The van der Waals surface area contributed by atoms with Gasteiger partial charge in [-0.2, -0.15) is 0 Å². The van der Waals surface area contributed by atoms with Gasteiger partial charge in [-0.3, -0.25) is 9.59 Å². The van der Waals surface area contributed by atoms with Gasteiger partial charge in [0.2, 0.25) is 0 Å². The highest BCUT2D eigenvalue weighted by molar-refractivity contribution is 6.41. The number of esters is 1. The summed E-state index contributed by atoms with van der Waals surface area (Å²) in [5.74, 6) is -1.31. The molecule has 0 amide bonds. The Morgan fingerprint density at radius 2 is 1.41 bits per heavy atom. The predicted octanol–water partition coefficient (Wildman–Crippen LogP) is 4.47. The van der Waals surface area contributed by atoms with Crippen molar-refractivity contribution in [2.75, 3.05) is 0 Å². The lowest BCUT2D eigenvalue weighted by Crippen LogP contribution is -2.22. The summed E-state index contributed by atoms with van der Waals surface area (Å²) in [6.07, 6.45) is 0. The highest BCUT2D eigenvalue weighted by Crippen LogP contribution is 2.34. The van der Waals surface area contributed by atoms with Gasteiger partial charge in [0.1, 0.15) is 6.61 Å². The third-order valence-corrected chi connectivity index (χ3v) is 4.86. The maximum absolute atomic E-state index is 12.8. The largest absolute Gasteiger partial charge is 0.457 e. The number of hydrogen-bond acceptors (Lipinski definition) is 4. The fourth-order valence-corrected chi connectivity index (χ4v) is 3.43. The second-order valence-electron chi connectivity index (χ2n) is 6.12. The first-order valence-electron chi connectivity index (χ1n) is 8.30. The molecule has 4 rings (SSSR count). The maximum atomic E-state index is 12.8. The minimum absolute atomic E-state index is 0.0505. The number of rotatable bonds is 3. The van der Waals surface area contributed by atoms with Crippen LogP contribution in [0.5, 0.6) is 0 Å². The summed E-state index contributed by atoms with van der Waals surface area (Å²) in [5, 5.41) is -0.0570. The Morgan fingerprint density at radius 1 is 0.778 bits per heavy atom. The molecular weight excluding hydrogens is 364 g/mol. The van der Waals surface area contributed by atoms with Crippen molar-refractivity contribution in [1.29, 1.82) is 0 Å². The molecule has 132 valence electrons. The van der Waals surface area contributed by atoms with E-state index >= 15 is 0 Å². The highest BCUT2D eigenvalue weighted by Gasteiger charge is 2.33. The summed E-state index contributed by atoms with van der Waals surface area (Å²) in [6, 6.07) is 18.7. The van der Waals surface area contributed by atoms with E-state index in [1.165, 1.54) is 12.1 Å². The average Bonchev–Trinajstić information content (AvgIpc) is 2.71. The third-order valence-electron chi connectivity index (χ3n) is 4.46. The molecule has 0 aliphatic heterocycles. The molecule has 0 bridgehead atoms. The van der Waals surface area contributed by atoms with Crippen molar-refractivity contribution in [1.82, 2.24) is 0 Å². The number of carbonyl (C=O) groups excluding carboxylic acids is 3.